The Balaban J connectivity index is 2.73. The molecule has 0 aromatic heterocycles. The van der Waals surface area contributed by atoms with E-state index in [4.69, 9.17) is 9.47 Å². The zero-order valence-electron chi connectivity index (χ0n) is 11.2. The number of Topliss-reactive ketones (excluding diaryl/α,β-unsaturated/α-hetero) is 1. The number of benzene rings is 1. The molecule has 0 aliphatic rings. The summed E-state index contributed by atoms with van der Waals surface area (Å²) in [6.45, 7) is 3.84. The Hall–Kier alpha value is -1.42. The third kappa shape index (κ3) is 3.81. The van der Waals surface area contributed by atoms with Crippen molar-refractivity contribution < 1.29 is 18.7 Å². The topological polar surface area (TPSA) is 35.5 Å². The van der Waals surface area contributed by atoms with Gasteiger partial charge in [0.1, 0.15) is 0 Å². The van der Waals surface area contributed by atoms with Crippen molar-refractivity contribution in [1.29, 1.82) is 0 Å². The highest BCUT2D eigenvalue weighted by Crippen LogP contribution is 2.21. The van der Waals surface area contributed by atoms with E-state index in [1.54, 1.807) is 7.11 Å². The molecule has 0 heterocycles. The zero-order valence-corrected chi connectivity index (χ0v) is 11.2. The van der Waals surface area contributed by atoms with E-state index in [0.29, 0.717) is 18.4 Å². The van der Waals surface area contributed by atoms with Crippen molar-refractivity contribution in [3.63, 3.8) is 0 Å². The third-order valence-corrected chi connectivity index (χ3v) is 2.98. The molecule has 0 radical (unpaired) electrons. The van der Waals surface area contributed by atoms with Crippen LogP contribution in [0.15, 0.2) is 18.2 Å². The lowest BCUT2D eigenvalue weighted by Gasteiger charge is -2.22. The lowest BCUT2D eigenvalue weighted by atomic mass is 9.97. The second-order valence-electron chi connectivity index (χ2n) is 4.74. The zero-order chi connectivity index (χ0) is 13.8. The Morgan fingerprint density at radius 3 is 2.56 bits per heavy atom. The summed E-state index contributed by atoms with van der Waals surface area (Å²) >= 11 is 0. The molecule has 0 fully saturated rings. The maximum absolute atomic E-state index is 13.2. The first-order chi connectivity index (χ1) is 8.39. The Bertz CT molecular complexity index is 427. The first-order valence-corrected chi connectivity index (χ1v) is 5.81. The lowest BCUT2D eigenvalue weighted by Crippen LogP contribution is -2.23. The summed E-state index contributed by atoms with van der Waals surface area (Å²) in [5, 5.41) is 0. The number of carbonyl (C=O) groups is 1. The van der Waals surface area contributed by atoms with Gasteiger partial charge in [-0.15, -0.1) is 0 Å². The predicted molar refractivity (Wildman–Crippen MR) is 67.6 cm³/mol. The summed E-state index contributed by atoms with van der Waals surface area (Å²) in [5.74, 6) is -0.420. The molecule has 0 saturated carbocycles. The normalized spacial score (nSPS) is 11.4. The van der Waals surface area contributed by atoms with Crippen LogP contribution in [0.5, 0.6) is 5.75 Å². The first kappa shape index (κ1) is 14.6. The van der Waals surface area contributed by atoms with Crippen LogP contribution < -0.4 is 4.74 Å². The number of methoxy groups -OCH3 is 2. The average Bonchev–Trinajstić information content (AvgIpc) is 2.36. The Morgan fingerprint density at radius 2 is 2.00 bits per heavy atom. The van der Waals surface area contributed by atoms with E-state index in [9.17, 15) is 9.18 Å². The molecule has 4 heteroatoms. The molecule has 1 rings (SSSR count). The predicted octanol–water partition coefficient (Wildman–Crippen LogP) is 3.22. The monoisotopic (exact) mass is 254 g/mol. The van der Waals surface area contributed by atoms with Crippen molar-refractivity contribution in [2.75, 3.05) is 14.2 Å². The van der Waals surface area contributed by atoms with Gasteiger partial charge in [0.05, 0.1) is 12.7 Å². The molecule has 1 aromatic carbocycles. The van der Waals surface area contributed by atoms with E-state index in [-0.39, 0.29) is 17.1 Å². The minimum absolute atomic E-state index is 0.0431. The van der Waals surface area contributed by atoms with E-state index in [1.165, 1.54) is 25.3 Å². The largest absolute Gasteiger partial charge is 0.494 e. The molecule has 0 atom stereocenters. The maximum atomic E-state index is 13.2. The van der Waals surface area contributed by atoms with Crippen LogP contribution in [0.4, 0.5) is 4.39 Å². The van der Waals surface area contributed by atoms with Gasteiger partial charge in [0.15, 0.2) is 17.3 Å². The number of hydrogen-bond acceptors (Lipinski definition) is 3. The maximum Gasteiger partial charge on any atom is 0.165 e. The summed E-state index contributed by atoms with van der Waals surface area (Å²) in [4.78, 5) is 12.0. The molecule has 0 bridgehead atoms. The summed E-state index contributed by atoms with van der Waals surface area (Å²) in [7, 11) is 2.99. The second kappa shape index (κ2) is 5.96. The van der Waals surface area contributed by atoms with Gasteiger partial charge in [0, 0.05) is 19.1 Å². The van der Waals surface area contributed by atoms with Gasteiger partial charge >= 0.3 is 0 Å². The molecular formula is C14H19FO3. The molecule has 1 aromatic rings. The number of rotatable bonds is 6. The van der Waals surface area contributed by atoms with Crippen molar-refractivity contribution in [2.45, 2.75) is 32.3 Å². The summed E-state index contributed by atoms with van der Waals surface area (Å²) in [6.07, 6.45) is 0.970. The van der Waals surface area contributed by atoms with Gasteiger partial charge in [0.2, 0.25) is 0 Å². The molecule has 0 aliphatic carbocycles. The molecule has 0 saturated heterocycles. The van der Waals surface area contributed by atoms with Gasteiger partial charge in [0.25, 0.3) is 0 Å². The fourth-order valence-corrected chi connectivity index (χ4v) is 1.49. The SMILES string of the molecule is COc1cc(C(=O)CCC(C)(C)OC)ccc1F. The Morgan fingerprint density at radius 1 is 1.33 bits per heavy atom. The number of carbonyl (C=O) groups excluding carboxylic acids is 1. The minimum atomic E-state index is -0.466. The van der Waals surface area contributed by atoms with Gasteiger partial charge < -0.3 is 9.47 Å². The van der Waals surface area contributed by atoms with Crippen LogP contribution in [0.3, 0.4) is 0 Å². The van der Waals surface area contributed by atoms with Gasteiger partial charge in [-0.05, 0) is 38.5 Å². The van der Waals surface area contributed by atoms with Gasteiger partial charge in [-0.1, -0.05) is 0 Å². The molecule has 100 valence electrons. The number of ether oxygens (including phenoxy) is 2. The van der Waals surface area contributed by atoms with E-state index < -0.39 is 5.82 Å². The fourth-order valence-electron chi connectivity index (χ4n) is 1.49. The van der Waals surface area contributed by atoms with Crippen molar-refractivity contribution >= 4 is 5.78 Å². The number of hydrogen-bond donors (Lipinski definition) is 0. The Labute approximate surface area is 107 Å². The van der Waals surface area contributed by atoms with Crippen molar-refractivity contribution in [3.8, 4) is 5.75 Å². The summed E-state index contributed by atoms with van der Waals surface area (Å²) < 4.78 is 23.3. The molecule has 3 nitrogen and oxygen atoms in total. The smallest absolute Gasteiger partial charge is 0.165 e. The molecule has 0 amide bonds. The second-order valence-corrected chi connectivity index (χ2v) is 4.74. The van der Waals surface area contributed by atoms with E-state index in [0.717, 1.165) is 0 Å². The first-order valence-electron chi connectivity index (χ1n) is 5.81. The summed E-state index contributed by atoms with van der Waals surface area (Å²) in [5.41, 5.74) is 0.125. The summed E-state index contributed by atoms with van der Waals surface area (Å²) in [6, 6.07) is 4.14. The van der Waals surface area contributed by atoms with E-state index in [1.807, 2.05) is 13.8 Å². The highest BCUT2D eigenvalue weighted by molar-refractivity contribution is 5.96. The standard InChI is InChI=1S/C14H19FO3/c1-14(2,18-4)8-7-12(16)10-5-6-11(15)13(9-10)17-3/h5-6,9H,7-8H2,1-4H3. The van der Waals surface area contributed by atoms with Crippen LogP contribution in [0.2, 0.25) is 0 Å². The molecule has 18 heavy (non-hydrogen) atoms. The lowest BCUT2D eigenvalue weighted by molar-refractivity contribution is 0.0141. The van der Waals surface area contributed by atoms with Gasteiger partial charge in [-0.2, -0.15) is 0 Å². The Kier molecular flexibility index (Phi) is 4.84. The van der Waals surface area contributed by atoms with Gasteiger partial charge in [-0.3, -0.25) is 4.79 Å². The minimum Gasteiger partial charge on any atom is -0.494 e. The van der Waals surface area contributed by atoms with E-state index >= 15 is 0 Å². The van der Waals surface area contributed by atoms with Crippen LogP contribution in [-0.4, -0.2) is 25.6 Å². The number of ketones is 1. The van der Waals surface area contributed by atoms with Crippen LogP contribution in [-0.2, 0) is 4.74 Å². The molecular weight excluding hydrogens is 235 g/mol. The molecule has 0 spiro atoms. The highest BCUT2D eigenvalue weighted by Gasteiger charge is 2.19. The van der Waals surface area contributed by atoms with Crippen LogP contribution in [0, 0.1) is 5.82 Å². The van der Waals surface area contributed by atoms with E-state index in [2.05, 4.69) is 0 Å². The molecule has 0 aliphatic heterocycles. The third-order valence-electron chi connectivity index (χ3n) is 2.98. The molecule has 0 unspecified atom stereocenters. The fraction of sp³-hybridized carbons (Fsp3) is 0.500. The number of halogens is 1. The van der Waals surface area contributed by atoms with Gasteiger partial charge in [-0.25, -0.2) is 4.39 Å². The highest BCUT2D eigenvalue weighted by atomic mass is 19.1. The van der Waals surface area contributed by atoms with Crippen LogP contribution in [0.25, 0.3) is 0 Å². The van der Waals surface area contributed by atoms with Crippen molar-refractivity contribution in [1.82, 2.24) is 0 Å². The van der Waals surface area contributed by atoms with Crippen molar-refractivity contribution in [2.24, 2.45) is 0 Å². The van der Waals surface area contributed by atoms with Crippen molar-refractivity contribution in [3.05, 3.63) is 29.6 Å². The molecule has 0 N–H and O–H groups in total. The van der Waals surface area contributed by atoms with Crippen LogP contribution >= 0.6 is 0 Å². The average molecular weight is 254 g/mol. The van der Waals surface area contributed by atoms with Crippen LogP contribution in [0.1, 0.15) is 37.0 Å². The quantitative estimate of drug-likeness (QED) is 0.731.